The van der Waals surface area contributed by atoms with Crippen LogP contribution < -0.4 is 5.32 Å². The summed E-state index contributed by atoms with van der Waals surface area (Å²) in [5.41, 5.74) is 4.57. The molecule has 4 rings (SSSR count). The summed E-state index contributed by atoms with van der Waals surface area (Å²) < 4.78 is 6.40. The van der Waals surface area contributed by atoms with E-state index < -0.39 is 18.1 Å². The van der Waals surface area contributed by atoms with Crippen LogP contribution in [0.2, 0.25) is 0 Å². The summed E-state index contributed by atoms with van der Waals surface area (Å²) in [7, 11) is 0. The molecule has 1 aliphatic rings. The summed E-state index contributed by atoms with van der Waals surface area (Å²) in [6.07, 6.45) is -0.834. The number of hydrogen-bond acceptors (Lipinski definition) is 4. The zero-order valence-corrected chi connectivity index (χ0v) is 17.7. The maximum absolute atomic E-state index is 12.5. The first-order chi connectivity index (χ1) is 14.0. The fourth-order valence-corrected chi connectivity index (χ4v) is 5.17. The van der Waals surface area contributed by atoms with Crippen LogP contribution >= 0.6 is 27.3 Å². The maximum Gasteiger partial charge on any atom is 0.407 e. The van der Waals surface area contributed by atoms with Gasteiger partial charge in [-0.05, 0) is 50.3 Å². The molecule has 29 heavy (non-hydrogen) atoms. The van der Waals surface area contributed by atoms with Gasteiger partial charge in [-0.15, -0.1) is 11.3 Å². The van der Waals surface area contributed by atoms with Crippen LogP contribution in [0.15, 0.2) is 64.5 Å². The van der Waals surface area contributed by atoms with E-state index in [2.05, 4.69) is 45.5 Å². The van der Waals surface area contributed by atoms with E-state index in [1.54, 1.807) is 6.07 Å². The lowest BCUT2D eigenvalue weighted by Crippen LogP contribution is -2.31. The van der Waals surface area contributed by atoms with Crippen molar-refractivity contribution in [1.29, 1.82) is 0 Å². The van der Waals surface area contributed by atoms with Gasteiger partial charge in [0, 0.05) is 10.8 Å². The molecule has 0 radical (unpaired) electrons. The molecule has 0 saturated carbocycles. The van der Waals surface area contributed by atoms with E-state index in [-0.39, 0.29) is 18.9 Å². The van der Waals surface area contributed by atoms with E-state index in [9.17, 15) is 14.7 Å². The van der Waals surface area contributed by atoms with Crippen molar-refractivity contribution in [2.75, 3.05) is 6.61 Å². The molecule has 1 amide bonds. The molecule has 0 fully saturated rings. The Morgan fingerprint density at radius 2 is 1.66 bits per heavy atom. The predicted octanol–water partition coefficient (Wildman–Crippen LogP) is 5.57. The molecule has 5 nitrogen and oxygen atoms in total. The number of aliphatic carboxylic acids is 1. The molecule has 1 aliphatic carbocycles. The number of benzene rings is 2. The van der Waals surface area contributed by atoms with Crippen molar-refractivity contribution in [1.82, 2.24) is 5.32 Å². The van der Waals surface area contributed by atoms with Gasteiger partial charge in [0.05, 0.1) is 16.2 Å². The molecule has 148 valence electrons. The van der Waals surface area contributed by atoms with Crippen molar-refractivity contribution in [2.24, 2.45) is 0 Å². The minimum Gasteiger partial charge on any atom is -0.481 e. The molecule has 1 atom stereocenters. The molecule has 0 aliphatic heterocycles. The number of thiophene rings is 1. The first kappa shape index (κ1) is 19.7. The van der Waals surface area contributed by atoms with Gasteiger partial charge in [0.15, 0.2) is 0 Å². The number of carboxylic acids is 1. The summed E-state index contributed by atoms with van der Waals surface area (Å²) in [5, 5.41) is 11.9. The number of amides is 1. The number of rotatable bonds is 6. The average molecular weight is 472 g/mol. The zero-order chi connectivity index (χ0) is 20.4. The van der Waals surface area contributed by atoms with Gasteiger partial charge >= 0.3 is 12.1 Å². The molecule has 3 aromatic rings. The van der Waals surface area contributed by atoms with E-state index >= 15 is 0 Å². The van der Waals surface area contributed by atoms with Crippen LogP contribution in [0, 0.1) is 0 Å². The highest BCUT2D eigenvalue weighted by atomic mass is 79.9. The minimum atomic E-state index is -0.988. The summed E-state index contributed by atoms with van der Waals surface area (Å²) in [5.74, 6) is -1.03. The number of carbonyl (C=O) groups excluding carboxylic acids is 1. The molecule has 2 N–H and O–H groups in total. The second-order valence-electron chi connectivity index (χ2n) is 6.76. The third-order valence-electron chi connectivity index (χ3n) is 4.95. The number of carboxylic acid groups (broad SMARTS) is 1. The molecule has 0 spiro atoms. The van der Waals surface area contributed by atoms with Crippen molar-refractivity contribution in [3.05, 3.63) is 80.5 Å². The standard InChI is InChI=1S/C22H18BrNO4S/c23-20-10-9-19(29-20)18(11-21(25)26)24-22(27)28-12-17-15-7-3-1-5-13(15)14-6-2-4-8-16(14)17/h1-10,17-18H,11-12H2,(H,24,27)(H,25,26)/t18-/m0/s1. The van der Waals surface area contributed by atoms with Gasteiger partial charge in [0.1, 0.15) is 6.61 Å². The Morgan fingerprint density at radius 3 is 2.21 bits per heavy atom. The van der Waals surface area contributed by atoms with Crippen molar-refractivity contribution >= 4 is 39.3 Å². The number of halogens is 1. The quantitative estimate of drug-likeness (QED) is 0.492. The fourth-order valence-electron chi connectivity index (χ4n) is 3.70. The monoisotopic (exact) mass is 471 g/mol. The molecule has 0 bridgehead atoms. The molecule has 0 unspecified atom stereocenters. The SMILES string of the molecule is O=C(O)C[C@H](NC(=O)OCC1c2ccccc2-c2ccccc21)c1ccc(Br)s1. The number of carbonyl (C=O) groups is 2. The van der Waals surface area contributed by atoms with Crippen LogP contribution in [-0.4, -0.2) is 23.8 Å². The molecular formula is C22H18BrNO4S. The smallest absolute Gasteiger partial charge is 0.407 e. The Hall–Kier alpha value is -2.64. The van der Waals surface area contributed by atoms with Gasteiger partial charge in [0.25, 0.3) is 0 Å². The van der Waals surface area contributed by atoms with E-state index in [0.717, 1.165) is 30.9 Å². The van der Waals surface area contributed by atoms with E-state index in [1.165, 1.54) is 11.3 Å². The van der Waals surface area contributed by atoms with Gasteiger partial charge < -0.3 is 15.2 Å². The molecule has 1 heterocycles. The summed E-state index contributed by atoms with van der Waals surface area (Å²) in [6, 6.07) is 19.2. The van der Waals surface area contributed by atoms with E-state index in [0.29, 0.717) is 0 Å². The first-order valence-corrected chi connectivity index (χ1v) is 10.7. The highest BCUT2D eigenvalue weighted by Crippen LogP contribution is 2.44. The lowest BCUT2D eigenvalue weighted by atomic mass is 9.98. The molecule has 1 aromatic heterocycles. The number of nitrogens with one attached hydrogen (secondary N) is 1. The normalized spacial score (nSPS) is 13.4. The Bertz CT molecular complexity index is 1020. The Labute approximate surface area is 180 Å². The summed E-state index contributed by atoms with van der Waals surface area (Å²) >= 11 is 4.75. The fraction of sp³-hybridized carbons (Fsp3) is 0.182. The largest absolute Gasteiger partial charge is 0.481 e. The van der Waals surface area contributed by atoms with Gasteiger partial charge in [-0.2, -0.15) is 0 Å². The topological polar surface area (TPSA) is 75.6 Å². The van der Waals surface area contributed by atoms with Crippen LogP contribution in [0.5, 0.6) is 0 Å². The maximum atomic E-state index is 12.5. The number of hydrogen-bond donors (Lipinski definition) is 2. The Kier molecular flexibility index (Phi) is 5.69. The second-order valence-corrected chi connectivity index (χ2v) is 9.26. The van der Waals surface area contributed by atoms with Crippen molar-refractivity contribution < 1.29 is 19.4 Å². The van der Waals surface area contributed by atoms with E-state index in [4.69, 9.17) is 4.74 Å². The van der Waals surface area contributed by atoms with Crippen LogP contribution in [0.4, 0.5) is 4.79 Å². The first-order valence-electron chi connectivity index (χ1n) is 9.11. The second kappa shape index (κ2) is 8.39. The zero-order valence-electron chi connectivity index (χ0n) is 15.3. The van der Waals surface area contributed by atoms with Crippen molar-refractivity contribution in [2.45, 2.75) is 18.4 Å². The van der Waals surface area contributed by atoms with Crippen LogP contribution in [0.3, 0.4) is 0 Å². The number of fused-ring (bicyclic) bond motifs is 3. The molecule has 2 aromatic carbocycles. The molecule has 7 heteroatoms. The van der Waals surface area contributed by atoms with Gasteiger partial charge in [0.2, 0.25) is 0 Å². The summed E-state index contributed by atoms with van der Waals surface area (Å²) in [4.78, 5) is 24.4. The lowest BCUT2D eigenvalue weighted by Gasteiger charge is -2.18. The van der Waals surface area contributed by atoms with Gasteiger partial charge in [-0.3, -0.25) is 4.79 Å². The average Bonchev–Trinajstić information content (AvgIpc) is 3.27. The van der Waals surface area contributed by atoms with Crippen LogP contribution in [-0.2, 0) is 9.53 Å². The van der Waals surface area contributed by atoms with Crippen LogP contribution in [0.1, 0.15) is 34.4 Å². The summed E-state index contributed by atoms with van der Waals surface area (Å²) in [6.45, 7) is 0.188. The molecular weight excluding hydrogens is 454 g/mol. The Morgan fingerprint density at radius 1 is 1.03 bits per heavy atom. The number of alkyl carbamates (subject to hydrolysis) is 1. The van der Waals surface area contributed by atoms with Crippen molar-refractivity contribution in [3.63, 3.8) is 0 Å². The minimum absolute atomic E-state index is 0.0399. The third kappa shape index (κ3) is 4.21. The third-order valence-corrected chi connectivity index (χ3v) is 6.69. The van der Waals surface area contributed by atoms with Crippen molar-refractivity contribution in [3.8, 4) is 11.1 Å². The van der Waals surface area contributed by atoms with Gasteiger partial charge in [-0.1, -0.05) is 48.5 Å². The Balaban J connectivity index is 1.47. The number of ether oxygens (including phenoxy) is 1. The predicted molar refractivity (Wildman–Crippen MR) is 115 cm³/mol. The highest BCUT2D eigenvalue weighted by molar-refractivity contribution is 9.11. The van der Waals surface area contributed by atoms with Gasteiger partial charge in [-0.25, -0.2) is 4.79 Å². The lowest BCUT2D eigenvalue weighted by molar-refractivity contribution is -0.137. The molecule has 0 saturated heterocycles. The van der Waals surface area contributed by atoms with Crippen LogP contribution in [0.25, 0.3) is 11.1 Å². The van der Waals surface area contributed by atoms with E-state index in [1.807, 2.05) is 30.3 Å². The highest BCUT2D eigenvalue weighted by Gasteiger charge is 2.29.